The Kier molecular flexibility index (Phi) is 12.4. The maximum Gasteiger partial charge on any atom is 0.188 e. The van der Waals surface area contributed by atoms with E-state index in [1.165, 1.54) is 0 Å². The molecular weight excluding hydrogens is 637 g/mol. The molecule has 0 bridgehead atoms. The summed E-state index contributed by atoms with van der Waals surface area (Å²) in [4.78, 5) is 0. The quantitative estimate of drug-likeness (QED) is 0.108. The molecule has 5 aromatic rings. The lowest BCUT2D eigenvalue weighted by molar-refractivity contribution is -0.256. The number of ether oxygens (including phenoxy) is 5. The van der Waals surface area contributed by atoms with Crippen molar-refractivity contribution in [3.8, 4) is 0 Å². The molecule has 0 spiro atoms. The average molecular weight is 679 g/mol. The van der Waals surface area contributed by atoms with Crippen molar-refractivity contribution in [3.63, 3.8) is 0 Å². The van der Waals surface area contributed by atoms with E-state index in [0.717, 1.165) is 22.3 Å². The van der Waals surface area contributed by atoms with Crippen LogP contribution in [0.4, 0.5) is 0 Å². The van der Waals surface area contributed by atoms with Crippen molar-refractivity contribution in [2.75, 3.05) is 6.61 Å². The predicted molar refractivity (Wildman–Crippen MR) is 189 cm³/mol. The maximum absolute atomic E-state index is 14.4. The molecule has 5 atom stereocenters. The molecule has 0 radical (unpaired) electrons. The first-order valence-electron chi connectivity index (χ1n) is 16.5. The molecular formula is C41H42O7S. The molecule has 1 heterocycles. The zero-order valence-corrected chi connectivity index (χ0v) is 28.1. The van der Waals surface area contributed by atoms with E-state index in [0.29, 0.717) is 12.2 Å². The van der Waals surface area contributed by atoms with Crippen LogP contribution < -0.4 is 0 Å². The molecule has 1 fully saturated rings. The summed E-state index contributed by atoms with van der Waals surface area (Å²) in [5, 5.41) is 0. The van der Waals surface area contributed by atoms with Crippen LogP contribution in [0.25, 0.3) is 0 Å². The molecule has 0 aliphatic carbocycles. The van der Waals surface area contributed by atoms with Gasteiger partial charge in [0, 0.05) is 0 Å². The first kappa shape index (κ1) is 34.7. The molecule has 0 amide bonds. The Hall–Kier alpha value is -4.15. The van der Waals surface area contributed by atoms with Crippen molar-refractivity contribution in [1.29, 1.82) is 0 Å². The fourth-order valence-electron chi connectivity index (χ4n) is 5.92. The van der Waals surface area contributed by atoms with Gasteiger partial charge in [0.05, 0.1) is 38.8 Å². The Balaban J connectivity index is 1.36. The normalized spacial score (nSPS) is 20.9. The molecule has 5 aromatic carbocycles. The van der Waals surface area contributed by atoms with Crippen LogP contribution in [0.3, 0.4) is 0 Å². The van der Waals surface area contributed by atoms with E-state index in [9.17, 15) is 8.42 Å². The summed E-state index contributed by atoms with van der Waals surface area (Å²) in [6, 6.07) is 48.3. The Morgan fingerprint density at radius 2 is 0.816 bits per heavy atom. The van der Waals surface area contributed by atoms with E-state index in [4.69, 9.17) is 23.7 Å². The Labute approximate surface area is 289 Å². The van der Waals surface area contributed by atoms with E-state index in [2.05, 4.69) is 0 Å². The van der Waals surface area contributed by atoms with Gasteiger partial charge >= 0.3 is 0 Å². The molecule has 0 N–H and O–H groups in total. The third-order valence-electron chi connectivity index (χ3n) is 8.41. The van der Waals surface area contributed by atoms with E-state index >= 15 is 0 Å². The van der Waals surface area contributed by atoms with E-state index in [1.54, 1.807) is 12.1 Å². The minimum atomic E-state index is -3.94. The summed E-state index contributed by atoms with van der Waals surface area (Å²) in [5.41, 5.74) is 3.12. The van der Waals surface area contributed by atoms with Crippen molar-refractivity contribution in [1.82, 2.24) is 0 Å². The van der Waals surface area contributed by atoms with Crippen molar-refractivity contribution >= 4 is 9.84 Å². The van der Waals surface area contributed by atoms with Gasteiger partial charge in [-0.15, -0.1) is 0 Å². The van der Waals surface area contributed by atoms with Gasteiger partial charge in [-0.3, -0.25) is 0 Å². The monoisotopic (exact) mass is 678 g/mol. The molecule has 1 aliphatic heterocycles. The van der Waals surface area contributed by atoms with Crippen LogP contribution in [-0.2, 0) is 65.7 Å². The average Bonchev–Trinajstić information content (AvgIpc) is 3.14. The van der Waals surface area contributed by atoms with E-state index < -0.39 is 39.7 Å². The third-order valence-corrected chi connectivity index (χ3v) is 10.2. The van der Waals surface area contributed by atoms with E-state index in [-0.39, 0.29) is 32.2 Å². The molecule has 1 unspecified atom stereocenters. The summed E-state index contributed by atoms with van der Waals surface area (Å²) >= 11 is 0. The second-order valence-electron chi connectivity index (χ2n) is 12.1. The Morgan fingerprint density at radius 3 is 1.27 bits per heavy atom. The molecule has 8 heteroatoms. The highest BCUT2D eigenvalue weighted by Crippen LogP contribution is 2.34. The lowest BCUT2D eigenvalue weighted by Gasteiger charge is -2.45. The summed E-state index contributed by atoms with van der Waals surface area (Å²) < 4.78 is 61.5. The van der Waals surface area contributed by atoms with Gasteiger partial charge in [-0.25, -0.2) is 8.42 Å². The molecule has 1 saturated heterocycles. The van der Waals surface area contributed by atoms with Gasteiger partial charge in [0.1, 0.15) is 24.4 Å². The van der Waals surface area contributed by atoms with Crippen molar-refractivity contribution in [2.24, 2.45) is 0 Å². The summed E-state index contributed by atoms with van der Waals surface area (Å²) in [7, 11) is -3.94. The number of benzene rings is 5. The second kappa shape index (κ2) is 17.5. The molecule has 6 rings (SSSR count). The topological polar surface area (TPSA) is 80.3 Å². The summed E-state index contributed by atoms with van der Waals surface area (Å²) in [6.07, 6.45) is -3.32. The minimum Gasteiger partial charge on any atom is -0.374 e. The fraction of sp³-hybridized carbons (Fsp3) is 0.268. The number of sulfone groups is 1. The zero-order chi connectivity index (χ0) is 33.7. The van der Waals surface area contributed by atoms with Gasteiger partial charge < -0.3 is 23.7 Å². The van der Waals surface area contributed by atoms with Gasteiger partial charge in [-0.2, -0.15) is 0 Å². The number of hydrogen-bond acceptors (Lipinski definition) is 7. The first-order valence-corrected chi connectivity index (χ1v) is 18.3. The largest absolute Gasteiger partial charge is 0.374 e. The molecule has 7 nitrogen and oxygen atoms in total. The van der Waals surface area contributed by atoms with Crippen LogP contribution in [-0.4, -0.2) is 44.9 Å². The molecule has 1 aliphatic rings. The molecule has 49 heavy (non-hydrogen) atoms. The summed E-state index contributed by atoms with van der Waals surface area (Å²) in [6.45, 7) is 1.07. The number of hydrogen-bond donors (Lipinski definition) is 0. The van der Waals surface area contributed by atoms with Crippen LogP contribution in [0.1, 0.15) is 27.8 Å². The molecule has 0 aromatic heterocycles. The van der Waals surface area contributed by atoms with Crippen molar-refractivity contribution in [2.45, 2.75) is 62.0 Å². The highest BCUT2D eigenvalue weighted by Gasteiger charge is 2.53. The zero-order valence-electron chi connectivity index (χ0n) is 27.3. The maximum atomic E-state index is 14.4. The van der Waals surface area contributed by atoms with Crippen molar-refractivity contribution in [3.05, 3.63) is 179 Å². The predicted octanol–water partition coefficient (Wildman–Crippen LogP) is 7.30. The SMILES string of the molecule is O=S(=O)(Cc1ccccc1)C1O[C@H](COCc2ccccc2)[C@@H](OCc2ccccc2)[C@H](OCc2ccccc2)[C@H]1OCc1ccccc1. The van der Waals surface area contributed by atoms with Gasteiger partial charge in [-0.05, 0) is 27.8 Å². The molecule has 0 saturated carbocycles. The van der Waals surface area contributed by atoms with Gasteiger partial charge in [0.2, 0.25) is 0 Å². The van der Waals surface area contributed by atoms with Crippen LogP contribution >= 0.6 is 0 Å². The molecule has 254 valence electrons. The highest BCUT2D eigenvalue weighted by molar-refractivity contribution is 7.91. The smallest absolute Gasteiger partial charge is 0.188 e. The van der Waals surface area contributed by atoms with Crippen LogP contribution in [0.5, 0.6) is 0 Å². The van der Waals surface area contributed by atoms with Gasteiger partial charge in [0.25, 0.3) is 0 Å². The lowest BCUT2D eigenvalue weighted by atomic mass is 9.98. The fourth-order valence-corrected chi connectivity index (χ4v) is 7.70. The van der Waals surface area contributed by atoms with Gasteiger partial charge in [-0.1, -0.05) is 152 Å². The highest BCUT2D eigenvalue weighted by atomic mass is 32.2. The van der Waals surface area contributed by atoms with E-state index in [1.807, 2.05) is 140 Å². The minimum absolute atomic E-state index is 0.0856. The number of rotatable bonds is 16. The van der Waals surface area contributed by atoms with Crippen LogP contribution in [0, 0.1) is 0 Å². The summed E-state index contributed by atoms with van der Waals surface area (Å²) in [5.74, 6) is -0.220. The lowest BCUT2D eigenvalue weighted by Crippen LogP contribution is -2.63. The van der Waals surface area contributed by atoms with Crippen LogP contribution in [0.2, 0.25) is 0 Å². The Bertz CT molecular complexity index is 1770. The van der Waals surface area contributed by atoms with Crippen LogP contribution in [0.15, 0.2) is 152 Å². The third kappa shape index (κ3) is 9.95. The second-order valence-corrected chi connectivity index (χ2v) is 14.2. The Morgan fingerprint density at radius 1 is 0.449 bits per heavy atom. The van der Waals surface area contributed by atoms with Crippen molar-refractivity contribution < 1.29 is 32.1 Å². The standard InChI is InChI=1S/C41H42O7S/c42-49(43,31-36-24-14-5-15-25-36)41-40(47-29-35-22-12-4-13-23-35)39(46-28-34-20-10-3-11-21-34)38(45-27-33-18-8-2-9-19-33)37(48-41)30-44-26-32-16-6-1-7-17-32/h1-25,37-41H,26-31H2/t37-,38-,39+,40-,41?/m1/s1. The first-order chi connectivity index (χ1) is 24.0. The van der Waals surface area contributed by atoms with Gasteiger partial charge in [0.15, 0.2) is 15.3 Å².